The van der Waals surface area contributed by atoms with E-state index in [4.69, 9.17) is 5.73 Å². The van der Waals surface area contributed by atoms with E-state index in [1.165, 1.54) is 11.3 Å². The topological polar surface area (TPSA) is 68.0 Å². The lowest BCUT2D eigenvalue weighted by atomic mass is 10.1. The van der Waals surface area contributed by atoms with Crippen molar-refractivity contribution in [2.45, 2.75) is 33.2 Å². The number of nitrogens with one attached hydrogen (secondary N) is 1. The number of hydrogen-bond acceptors (Lipinski definition) is 4. The Labute approximate surface area is 110 Å². The molecule has 0 aromatic carbocycles. The summed E-state index contributed by atoms with van der Waals surface area (Å²) in [7, 11) is 0. The van der Waals surface area contributed by atoms with Crippen LogP contribution in [0.3, 0.4) is 0 Å². The summed E-state index contributed by atoms with van der Waals surface area (Å²) in [5.74, 6) is -0.138. The van der Waals surface area contributed by atoms with Gasteiger partial charge in [0, 0.05) is 16.6 Å². The molecule has 1 amide bonds. The van der Waals surface area contributed by atoms with Crippen molar-refractivity contribution in [1.29, 1.82) is 0 Å². The van der Waals surface area contributed by atoms with Gasteiger partial charge in [-0.3, -0.25) is 4.79 Å². The zero-order valence-corrected chi connectivity index (χ0v) is 11.8. The van der Waals surface area contributed by atoms with E-state index in [1.807, 2.05) is 39.8 Å². The molecule has 0 bridgehead atoms. The SMILES string of the molecule is Cc1ccc2c(N)c(C(=O)NC(C)(C)C)sc2n1. The number of hydrogen-bond donors (Lipinski definition) is 2. The highest BCUT2D eigenvalue weighted by Gasteiger charge is 2.21. The molecule has 2 aromatic heterocycles. The summed E-state index contributed by atoms with van der Waals surface area (Å²) in [5, 5.41) is 3.77. The zero-order valence-electron chi connectivity index (χ0n) is 11.0. The Morgan fingerprint density at radius 3 is 2.67 bits per heavy atom. The minimum atomic E-state index is -0.275. The third-order valence-electron chi connectivity index (χ3n) is 2.43. The number of carbonyl (C=O) groups is 1. The van der Waals surface area contributed by atoms with Crippen molar-refractivity contribution in [3.8, 4) is 0 Å². The maximum absolute atomic E-state index is 12.1. The van der Waals surface area contributed by atoms with Gasteiger partial charge in [0.2, 0.25) is 0 Å². The highest BCUT2D eigenvalue weighted by molar-refractivity contribution is 7.21. The molecule has 3 N–H and O–H groups in total. The quantitative estimate of drug-likeness (QED) is 0.831. The van der Waals surface area contributed by atoms with Gasteiger partial charge in [0.05, 0.1) is 5.69 Å². The first-order valence-corrected chi connectivity index (χ1v) is 6.58. The summed E-state index contributed by atoms with van der Waals surface area (Å²) in [6, 6.07) is 3.81. The summed E-state index contributed by atoms with van der Waals surface area (Å²) >= 11 is 1.34. The van der Waals surface area contributed by atoms with Crippen LogP contribution in [0.15, 0.2) is 12.1 Å². The first-order chi connectivity index (χ1) is 8.28. The average Bonchev–Trinajstić information content (AvgIpc) is 2.53. The lowest BCUT2D eigenvalue weighted by Gasteiger charge is -2.19. The zero-order chi connectivity index (χ0) is 13.5. The molecular weight excluding hydrogens is 246 g/mol. The smallest absolute Gasteiger partial charge is 0.263 e. The summed E-state index contributed by atoms with van der Waals surface area (Å²) in [5.41, 5.74) is 7.18. The summed E-state index contributed by atoms with van der Waals surface area (Å²) in [6.07, 6.45) is 0. The molecule has 0 aliphatic carbocycles. The molecule has 2 rings (SSSR count). The fourth-order valence-corrected chi connectivity index (χ4v) is 2.69. The van der Waals surface area contributed by atoms with E-state index in [-0.39, 0.29) is 11.4 Å². The number of anilines is 1. The second kappa shape index (κ2) is 4.24. The number of nitrogens with zero attached hydrogens (tertiary/aromatic N) is 1. The van der Waals surface area contributed by atoms with Gasteiger partial charge in [0.15, 0.2) is 0 Å². The first kappa shape index (κ1) is 12.8. The van der Waals surface area contributed by atoms with Crippen molar-refractivity contribution in [1.82, 2.24) is 10.3 Å². The molecule has 0 fully saturated rings. The lowest BCUT2D eigenvalue weighted by molar-refractivity contribution is 0.0924. The predicted octanol–water partition coefficient (Wildman–Crippen LogP) is 2.72. The molecule has 0 spiro atoms. The van der Waals surface area contributed by atoms with Crippen LogP contribution in [0.5, 0.6) is 0 Å². The predicted molar refractivity (Wildman–Crippen MR) is 76.0 cm³/mol. The van der Waals surface area contributed by atoms with Crippen LogP contribution in [0, 0.1) is 6.92 Å². The van der Waals surface area contributed by atoms with Crippen LogP contribution in [0.4, 0.5) is 5.69 Å². The number of nitrogen functional groups attached to an aromatic ring is 1. The number of aromatic nitrogens is 1. The fourth-order valence-electron chi connectivity index (χ4n) is 1.66. The molecule has 2 heterocycles. The van der Waals surface area contributed by atoms with Crippen molar-refractivity contribution >= 4 is 33.1 Å². The average molecular weight is 263 g/mol. The van der Waals surface area contributed by atoms with Gasteiger partial charge >= 0.3 is 0 Å². The summed E-state index contributed by atoms with van der Waals surface area (Å²) < 4.78 is 0. The van der Waals surface area contributed by atoms with Crippen LogP contribution in [0.1, 0.15) is 36.1 Å². The fraction of sp³-hybridized carbons (Fsp3) is 0.385. The van der Waals surface area contributed by atoms with Gasteiger partial charge < -0.3 is 11.1 Å². The van der Waals surface area contributed by atoms with Crippen molar-refractivity contribution in [2.24, 2.45) is 0 Å². The third-order valence-corrected chi connectivity index (χ3v) is 3.54. The number of pyridine rings is 1. The van der Waals surface area contributed by atoms with Gasteiger partial charge in [-0.2, -0.15) is 0 Å². The van der Waals surface area contributed by atoms with Gasteiger partial charge in [-0.1, -0.05) is 0 Å². The van der Waals surface area contributed by atoms with E-state index in [1.54, 1.807) is 0 Å². The maximum Gasteiger partial charge on any atom is 0.263 e. The molecule has 0 atom stereocenters. The molecule has 5 heteroatoms. The Kier molecular flexibility index (Phi) is 3.02. The Morgan fingerprint density at radius 1 is 1.39 bits per heavy atom. The molecule has 0 unspecified atom stereocenters. The van der Waals surface area contributed by atoms with E-state index in [0.717, 1.165) is 15.9 Å². The van der Waals surface area contributed by atoms with Crippen molar-refractivity contribution in [3.63, 3.8) is 0 Å². The molecule has 0 aliphatic rings. The van der Waals surface area contributed by atoms with Crippen LogP contribution in [0.25, 0.3) is 10.2 Å². The first-order valence-electron chi connectivity index (χ1n) is 5.76. The monoisotopic (exact) mass is 263 g/mol. The van der Waals surface area contributed by atoms with Crippen molar-refractivity contribution in [2.75, 3.05) is 5.73 Å². The number of amides is 1. The number of aryl methyl sites for hydroxylation is 1. The summed E-state index contributed by atoms with van der Waals surface area (Å²) in [6.45, 7) is 7.74. The minimum absolute atomic E-state index is 0.138. The van der Waals surface area contributed by atoms with Crippen molar-refractivity contribution < 1.29 is 4.79 Å². The largest absolute Gasteiger partial charge is 0.397 e. The van der Waals surface area contributed by atoms with E-state index in [0.29, 0.717) is 10.6 Å². The number of rotatable bonds is 1. The highest BCUT2D eigenvalue weighted by atomic mass is 32.1. The number of carbonyl (C=O) groups excluding carboxylic acids is 1. The second-order valence-corrected chi connectivity index (χ2v) is 6.35. The van der Waals surface area contributed by atoms with Crippen LogP contribution < -0.4 is 11.1 Å². The number of thiophene rings is 1. The number of nitrogens with two attached hydrogens (primary N) is 1. The normalized spacial score (nSPS) is 11.8. The third kappa shape index (κ3) is 2.46. The number of fused-ring (bicyclic) bond motifs is 1. The van der Waals surface area contributed by atoms with Crippen LogP contribution in [0.2, 0.25) is 0 Å². The molecule has 0 aliphatic heterocycles. The van der Waals surface area contributed by atoms with Crippen molar-refractivity contribution in [3.05, 3.63) is 22.7 Å². The van der Waals surface area contributed by atoms with Gasteiger partial charge in [-0.15, -0.1) is 11.3 Å². The van der Waals surface area contributed by atoms with Gasteiger partial charge in [0.25, 0.3) is 5.91 Å². The Bertz CT molecular complexity index is 610. The van der Waals surface area contributed by atoms with Gasteiger partial charge in [-0.05, 0) is 39.8 Å². The maximum atomic E-state index is 12.1. The van der Waals surface area contributed by atoms with E-state index >= 15 is 0 Å². The van der Waals surface area contributed by atoms with E-state index < -0.39 is 0 Å². The Hall–Kier alpha value is -1.62. The van der Waals surface area contributed by atoms with E-state index in [9.17, 15) is 4.79 Å². The minimum Gasteiger partial charge on any atom is -0.397 e. The Morgan fingerprint density at radius 2 is 2.06 bits per heavy atom. The lowest BCUT2D eigenvalue weighted by Crippen LogP contribution is -2.40. The van der Waals surface area contributed by atoms with Crippen LogP contribution >= 0.6 is 11.3 Å². The second-order valence-electron chi connectivity index (χ2n) is 5.35. The standard InChI is InChI=1S/C13H17N3OS/c1-7-5-6-8-9(14)10(18-12(8)15-7)11(17)16-13(2,3)4/h5-6H,14H2,1-4H3,(H,16,17). The van der Waals surface area contributed by atoms with E-state index in [2.05, 4.69) is 10.3 Å². The summed E-state index contributed by atoms with van der Waals surface area (Å²) in [4.78, 5) is 17.9. The molecule has 18 heavy (non-hydrogen) atoms. The molecular formula is C13H17N3OS. The molecule has 4 nitrogen and oxygen atoms in total. The molecule has 2 aromatic rings. The van der Waals surface area contributed by atoms with Crippen LogP contribution in [-0.2, 0) is 0 Å². The van der Waals surface area contributed by atoms with Gasteiger partial charge in [-0.25, -0.2) is 4.98 Å². The molecule has 0 saturated carbocycles. The Balaban J connectivity index is 2.46. The van der Waals surface area contributed by atoms with Crippen LogP contribution in [-0.4, -0.2) is 16.4 Å². The molecule has 96 valence electrons. The molecule has 0 radical (unpaired) electrons. The molecule has 0 saturated heterocycles. The highest BCUT2D eigenvalue weighted by Crippen LogP contribution is 2.32. The van der Waals surface area contributed by atoms with Gasteiger partial charge in [0.1, 0.15) is 9.71 Å².